The topological polar surface area (TPSA) is 56.9 Å². The van der Waals surface area contributed by atoms with E-state index in [4.69, 9.17) is 16.3 Å². The van der Waals surface area contributed by atoms with Crippen molar-refractivity contribution >= 4 is 11.6 Å². The predicted octanol–water partition coefficient (Wildman–Crippen LogP) is 1.85. The number of ether oxygens (including phenoxy) is 1. The summed E-state index contributed by atoms with van der Waals surface area (Å²) in [5.74, 6) is 0.976. The third kappa shape index (κ3) is 3.84. The Morgan fingerprint density at radius 1 is 1.43 bits per heavy atom. The summed E-state index contributed by atoms with van der Waals surface area (Å²) in [6, 6.07) is 0. The highest BCUT2D eigenvalue weighted by Gasteiger charge is 2.14. The van der Waals surface area contributed by atoms with Crippen molar-refractivity contribution in [3.8, 4) is 0 Å². The summed E-state index contributed by atoms with van der Waals surface area (Å²) in [6.45, 7) is 7.66. The molecule has 0 bridgehead atoms. The maximum absolute atomic E-state index is 6.36. The van der Waals surface area contributed by atoms with Crippen molar-refractivity contribution in [2.75, 3.05) is 20.3 Å². The van der Waals surface area contributed by atoms with Crippen molar-refractivity contribution in [2.45, 2.75) is 33.5 Å². The van der Waals surface area contributed by atoms with Crippen molar-refractivity contribution in [3.63, 3.8) is 0 Å². The SMILES string of the molecule is CCn1nc(C)c(Cl)c1Cn1ccnc1CNCCOC. The van der Waals surface area contributed by atoms with Gasteiger partial charge in [0.05, 0.1) is 36.1 Å². The van der Waals surface area contributed by atoms with E-state index in [2.05, 4.69) is 26.9 Å². The maximum atomic E-state index is 6.36. The smallest absolute Gasteiger partial charge is 0.123 e. The van der Waals surface area contributed by atoms with Crippen LogP contribution >= 0.6 is 11.6 Å². The van der Waals surface area contributed by atoms with Crippen LogP contribution in [0.15, 0.2) is 12.4 Å². The van der Waals surface area contributed by atoms with Gasteiger partial charge in [-0.25, -0.2) is 4.98 Å². The monoisotopic (exact) mass is 311 g/mol. The van der Waals surface area contributed by atoms with Gasteiger partial charge in [0, 0.05) is 32.6 Å². The average molecular weight is 312 g/mol. The molecule has 0 fully saturated rings. The quantitative estimate of drug-likeness (QED) is 0.756. The molecule has 6 nitrogen and oxygen atoms in total. The van der Waals surface area contributed by atoms with Crippen LogP contribution in [0.1, 0.15) is 24.1 Å². The minimum absolute atomic E-state index is 0.675. The lowest BCUT2D eigenvalue weighted by molar-refractivity contribution is 0.199. The lowest BCUT2D eigenvalue weighted by Crippen LogP contribution is -2.21. The number of aryl methyl sites for hydroxylation is 2. The molecule has 0 spiro atoms. The summed E-state index contributed by atoms with van der Waals surface area (Å²) in [5.41, 5.74) is 1.89. The summed E-state index contributed by atoms with van der Waals surface area (Å²) in [4.78, 5) is 4.39. The Kier molecular flexibility index (Phi) is 5.78. The molecule has 1 N–H and O–H groups in total. The number of halogens is 1. The molecule has 2 rings (SSSR count). The zero-order valence-corrected chi connectivity index (χ0v) is 13.5. The highest BCUT2D eigenvalue weighted by Crippen LogP contribution is 2.21. The van der Waals surface area contributed by atoms with E-state index in [1.165, 1.54) is 0 Å². The second-order valence-electron chi connectivity index (χ2n) is 4.80. The zero-order valence-electron chi connectivity index (χ0n) is 12.8. The van der Waals surface area contributed by atoms with Gasteiger partial charge in [-0.1, -0.05) is 11.6 Å². The molecular weight excluding hydrogens is 290 g/mol. The fraction of sp³-hybridized carbons (Fsp3) is 0.571. The van der Waals surface area contributed by atoms with Crippen molar-refractivity contribution in [1.29, 1.82) is 0 Å². The molecule has 0 aliphatic rings. The molecule has 0 atom stereocenters. The van der Waals surface area contributed by atoms with Gasteiger partial charge in [-0.05, 0) is 13.8 Å². The third-order valence-corrected chi connectivity index (χ3v) is 3.83. The van der Waals surface area contributed by atoms with Gasteiger partial charge in [-0.3, -0.25) is 4.68 Å². The van der Waals surface area contributed by atoms with Gasteiger partial charge in [0.2, 0.25) is 0 Å². The predicted molar refractivity (Wildman–Crippen MR) is 82.6 cm³/mol. The molecule has 0 saturated carbocycles. The lowest BCUT2D eigenvalue weighted by atomic mass is 10.3. The van der Waals surface area contributed by atoms with Crippen LogP contribution in [0.25, 0.3) is 0 Å². The third-order valence-electron chi connectivity index (χ3n) is 3.34. The molecule has 0 saturated heterocycles. The van der Waals surface area contributed by atoms with Crippen molar-refractivity contribution < 1.29 is 4.74 Å². The number of methoxy groups -OCH3 is 1. The summed E-state index contributed by atoms with van der Waals surface area (Å²) in [6.07, 6.45) is 3.77. The number of rotatable bonds is 8. The number of aromatic nitrogens is 4. The van der Waals surface area contributed by atoms with Crippen molar-refractivity contribution in [1.82, 2.24) is 24.6 Å². The summed E-state index contributed by atoms with van der Waals surface area (Å²) in [7, 11) is 1.69. The Morgan fingerprint density at radius 2 is 2.24 bits per heavy atom. The van der Waals surface area contributed by atoms with Gasteiger partial charge < -0.3 is 14.6 Å². The van der Waals surface area contributed by atoms with Crippen LogP contribution in [0.5, 0.6) is 0 Å². The Labute approximate surface area is 130 Å². The highest BCUT2D eigenvalue weighted by atomic mass is 35.5. The van der Waals surface area contributed by atoms with Crippen LogP contribution < -0.4 is 5.32 Å². The molecule has 2 heterocycles. The Morgan fingerprint density at radius 3 is 2.95 bits per heavy atom. The molecule has 0 aliphatic heterocycles. The molecule has 0 aromatic carbocycles. The first kappa shape index (κ1) is 16.0. The summed E-state index contributed by atoms with van der Waals surface area (Å²) >= 11 is 6.36. The van der Waals surface area contributed by atoms with Gasteiger partial charge in [-0.15, -0.1) is 0 Å². The van der Waals surface area contributed by atoms with E-state index in [1.54, 1.807) is 13.3 Å². The van der Waals surface area contributed by atoms with E-state index in [9.17, 15) is 0 Å². The molecule has 0 unspecified atom stereocenters. The van der Waals surface area contributed by atoms with Crippen LogP contribution in [0.2, 0.25) is 5.02 Å². The molecule has 0 aliphatic carbocycles. The first-order valence-corrected chi connectivity index (χ1v) is 7.46. The summed E-state index contributed by atoms with van der Waals surface area (Å²) < 4.78 is 9.05. The first-order chi connectivity index (χ1) is 10.2. The van der Waals surface area contributed by atoms with Crippen LogP contribution in [-0.4, -0.2) is 39.6 Å². The summed E-state index contributed by atoms with van der Waals surface area (Å²) in [5, 5.41) is 8.48. The molecule has 0 radical (unpaired) electrons. The van der Waals surface area contributed by atoms with E-state index in [1.807, 2.05) is 17.8 Å². The Hall–Kier alpha value is -1.37. The zero-order chi connectivity index (χ0) is 15.2. The maximum Gasteiger partial charge on any atom is 0.123 e. The fourth-order valence-corrected chi connectivity index (χ4v) is 2.40. The van der Waals surface area contributed by atoms with Gasteiger partial charge in [0.15, 0.2) is 0 Å². The number of hydrogen-bond donors (Lipinski definition) is 1. The van der Waals surface area contributed by atoms with E-state index in [-0.39, 0.29) is 0 Å². The minimum Gasteiger partial charge on any atom is -0.383 e. The van der Waals surface area contributed by atoms with Crippen molar-refractivity contribution in [2.24, 2.45) is 0 Å². The van der Waals surface area contributed by atoms with Gasteiger partial charge in [0.1, 0.15) is 5.82 Å². The molecular formula is C14H22ClN5O. The van der Waals surface area contributed by atoms with Gasteiger partial charge in [-0.2, -0.15) is 5.10 Å². The molecule has 0 amide bonds. The van der Waals surface area contributed by atoms with Crippen molar-refractivity contribution in [3.05, 3.63) is 34.6 Å². The Balaban J connectivity index is 2.08. The van der Waals surface area contributed by atoms with Crippen LogP contribution in [0.3, 0.4) is 0 Å². The van der Waals surface area contributed by atoms with Crippen LogP contribution in [0, 0.1) is 6.92 Å². The molecule has 2 aromatic rings. The fourth-order valence-electron chi connectivity index (χ4n) is 2.21. The average Bonchev–Trinajstić information content (AvgIpc) is 3.03. The van der Waals surface area contributed by atoms with Crippen LogP contribution in [-0.2, 0) is 24.4 Å². The molecule has 7 heteroatoms. The minimum atomic E-state index is 0.675. The standard InChI is InChI=1S/C14H22ClN5O/c1-4-20-12(14(15)11(2)18-20)10-19-7-5-17-13(19)9-16-6-8-21-3/h5,7,16H,4,6,8-10H2,1-3H3. The second kappa shape index (κ2) is 7.59. The van der Waals surface area contributed by atoms with Gasteiger partial charge in [0.25, 0.3) is 0 Å². The molecule has 2 aromatic heterocycles. The normalized spacial score (nSPS) is 11.2. The highest BCUT2D eigenvalue weighted by molar-refractivity contribution is 6.31. The second-order valence-corrected chi connectivity index (χ2v) is 5.18. The van der Waals surface area contributed by atoms with E-state index in [0.717, 1.165) is 35.3 Å². The Bertz CT molecular complexity index is 578. The number of nitrogens with zero attached hydrogens (tertiary/aromatic N) is 4. The number of nitrogens with one attached hydrogen (secondary N) is 1. The van der Waals surface area contributed by atoms with E-state index in [0.29, 0.717) is 19.7 Å². The van der Waals surface area contributed by atoms with E-state index >= 15 is 0 Å². The first-order valence-electron chi connectivity index (χ1n) is 7.08. The molecule has 116 valence electrons. The van der Waals surface area contributed by atoms with Gasteiger partial charge >= 0.3 is 0 Å². The van der Waals surface area contributed by atoms with E-state index < -0.39 is 0 Å². The lowest BCUT2D eigenvalue weighted by Gasteiger charge is -2.10. The number of imidazole rings is 1. The van der Waals surface area contributed by atoms with Crippen LogP contribution in [0.4, 0.5) is 0 Å². The largest absolute Gasteiger partial charge is 0.383 e. The molecule has 21 heavy (non-hydrogen) atoms. The number of hydrogen-bond acceptors (Lipinski definition) is 4.